The van der Waals surface area contributed by atoms with Crippen LogP contribution in [0.15, 0.2) is 22.7 Å². The third-order valence-corrected chi connectivity index (χ3v) is 4.68. The molecular weight excluding hydrogens is 314 g/mol. The number of rotatable bonds is 6. The molecule has 2 rings (SSSR count). The summed E-state index contributed by atoms with van der Waals surface area (Å²) >= 11 is 3.50. The molecule has 0 fully saturated rings. The van der Waals surface area contributed by atoms with Gasteiger partial charge >= 0.3 is 0 Å². The second-order valence-corrected chi connectivity index (χ2v) is 7.12. The predicted octanol–water partition coefficient (Wildman–Crippen LogP) is 5.35. The fourth-order valence-electron chi connectivity index (χ4n) is 3.04. The predicted molar refractivity (Wildman–Crippen MR) is 88.1 cm³/mol. The van der Waals surface area contributed by atoms with Crippen LogP contribution in [0.5, 0.6) is 5.75 Å². The Balaban J connectivity index is 1.96. The van der Waals surface area contributed by atoms with Gasteiger partial charge in [0.05, 0.1) is 0 Å². The van der Waals surface area contributed by atoms with Gasteiger partial charge in [0.2, 0.25) is 0 Å². The van der Waals surface area contributed by atoms with Crippen molar-refractivity contribution >= 4 is 15.9 Å². The lowest BCUT2D eigenvalue weighted by molar-refractivity contribution is 0.0429. The van der Waals surface area contributed by atoms with Gasteiger partial charge in [0, 0.05) is 22.5 Å². The molecule has 2 atom stereocenters. The van der Waals surface area contributed by atoms with Crippen molar-refractivity contribution in [3.8, 4) is 5.75 Å². The monoisotopic (exact) mass is 339 g/mol. The number of nitrogens with two attached hydrogens (primary N) is 1. The van der Waals surface area contributed by atoms with Gasteiger partial charge in [-0.25, -0.2) is 0 Å². The molecule has 2 unspecified atom stereocenters. The molecule has 0 bridgehead atoms. The Hall–Kier alpha value is -0.540. The van der Waals surface area contributed by atoms with Gasteiger partial charge in [0.15, 0.2) is 0 Å². The summed E-state index contributed by atoms with van der Waals surface area (Å²) in [7, 11) is 0. The molecule has 1 aromatic rings. The summed E-state index contributed by atoms with van der Waals surface area (Å²) in [4.78, 5) is 0. The third-order valence-electron chi connectivity index (χ3n) is 4.19. The minimum atomic E-state index is -0.105. The molecule has 20 heavy (non-hydrogen) atoms. The average Bonchev–Trinajstić information content (AvgIpc) is 2.39. The molecule has 2 N–H and O–H groups in total. The highest BCUT2D eigenvalue weighted by Crippen LogP contribution is 2.41. The van der Waals surface area contributed by atoms with Crippen molar-refractivity contribution in [1.82, 2.24) is 0 Å². The maximum absolute atomic E-state index is 6.34. The van der Waals surface area contributed by atoms with E-state index in [4.69, 9.17) is 10.5 Å². The summed E-state index contributed by atoms with van der Waals surface area (Å²) in [6.07, 6.45) is 8.51. The normalized spacial score (nSPS) is 25.1. The summed E-state index contributed by atoms with van der Waals surface area (Å²) < 4.78 is 7.32. The van der Waals surface area contributed by atoms with E-state index in [9.17, 15) is 0 Å². The molecule has 2 nitrogen and oxygen atoms in total. The number of benzene rings is 1. The number of hydrogen-bond acceptors (Lipinski definition) is 2. The van der Waals surface area contributed by atoms with Gasteiger partial charge in [0.1, 0.15) is 11.4 Å². The lowest BCUT2D eigenvalue weighted by atomic mass is 9.85. The van der Waals surface area contributed by atoms with Crippen LogP contribution in [0.3, 0.4) is 0 Å². The van der Waals surface area contributed by atoms with Crippen LogP contribution in [0.2, 0.25) is 0 Å². The minimum absolute atomic E-state index is 0.0805. The summed E-state index contributed by atoms with van der Waals surface area (Å²) in [6.45, 7) is 4.46. The Morgan fingerprint density at radius 2 is 2.05 bits per heavy atom. The topological polar surface area (TPSA) is 35.2 Å². The van der Waals surface area contributed by atoms with Crippen LogP contribution >= 0.6 is 15.9 Å². The molecule has 0 saturated heterocycles. The standard InChI is InChI=1S/C17H26BrNO/c1-3-4-5-6-7-10-17(2)12-15(19)14-11-13(18)8-9-16(14)20-17/h8-9,11,15H,3-7,10,12,19H2,1-2H3. The molecule has 0 aromatic heterocycles. The SMILES string of the molecule is CCCCCCCC1(C)CC(N)c2cc(Br)ccc2O1. The van der Waals surface area contributed by atoms with E-state index in [0.717, 1.165) is 28.6 Å². The van der Waals surface area contributed by atoms with Gasteiger partial charge in [-0.15, -0.1) is 0 Å². The zero-order valence-corrected chi connectivity index (χ0v) is 14.2. The molecule has 1 aliphatic rings. The molecule has 1 aromatic carbocycles. The first kappa shape index (κ1) is 15.8. The second kappa shape index (κ2) is 6.95. The van der Waals surface area contributed by atoms with Crippen molar-refractivity contribution < 1.29 is 4.74 Å². The van der Waals surface area contributed by atoms with Crippen LogP contribution in [0.4, 0.5) is 0 Å². The molecule has 3 heteroatoms. The molecular formula is C17H26BrNO. The van der Waals surface area contributed by atoms with Crippen molar-refractivity contribution in [3.63, 3.8) is 0 Å². The fraction of sp³-hybridized carbons (Fsp3) is 0.647. The Morgan fingerprint density at radius 1 is 1.30 bits per heavy atom. The van der Waals surface area contributed by atoms with E-state index >= 15 is 0 Å². The number of unbranched alkanes of at least 4 members (excludes halogenated alkanes) is 4. The van der Waals surface area contributed by atoms with Gasteiger partial charge in [-0.05, 0) is 38.0 Å². The lowest BCUT2D eigenvalue weighted by Gasteiger charge is -2.39. The first-order valence-corrected chi connectivity index (χ1v) is 8.57. The van der Waals surface area contributed by atoms with Crippen molar-refractivity contribution in [2.24, 2.45) is 5.73 Å². The van der Waals surface area contributed by atoms with Crippen LogP contribution < -0.4 is 10.5 Å². The molecule has 0 aliphatic carbocycles. The molecule has 1 aliphatic heterocycles. The fourth-order valence-corrected chi connectivity index (χ4v) is 3.42. The average molecular weight is 340 g/mol. The molecule has 0 spiro atoms. The van der Waals surface area contributed by atoms with Crippen molar-refractivity contribution in [1.29, 1.82) is 0 Å². The Kier molecular flexibility index (Phi) is 5.50. The van der Waals surface area contributed by atoms with Gasteiger partial charge in [0.25, 0.3) is 0 Å². The van der Waals surface area contributed by atoms with Crippen LogP contribution in [0, 0.1) is 0 Å². The van der Waals surface area contributed by atoms with Crippen LogP contribution in [0.1, 0.15) is 70.4 Å². The highest BCUT2D eigenvalue weighted by atomic mass is 79.9. The summed E-state index contributed by atoms with van der Waals surface area (Å²) in [5.74, 6) is 0.961. The molecule has 0 saturated carbocycles. The zero-order valence-electron chi connectivity index (χ0n) is 12.6. The largest absolute Gasteiger partial charge is 0.487 e. The van der Waals surface area contributed by atoms with Gasteiger partial charge in [-0.1, -0.05) is 48.5 Å². The number of ether oxygens (including phenoxy) is 1. The third kappa shape index (κ3) is 3.98. The van der Waals surface area contributed by atoms with Gasteiger partial charge in [-0.2, -0.15) is 0 Å². The van der Waals surface area contributed by atoms with Crippen LogP contribution in [0.25, 0.3) is 0 Å². The van der Waals surface area contributed by atoms with Crippen molar-refractivity contribution in [2.75, 3.05) is 0 Å². The van der Waals surface area contributed by atoms with Gasteiger partial charge in [-0.3, -0.25) is 0 Å². The highest BCUT2D eigenvalue weighted by Gasteiger charge is 2.35. The maximum atomic E-state index is 6.34. The van der Waals surface area contributed by atoms with Crippen molar-refractivity contribution in [3.05, 3.63) is 28.2 Å². The summed E-state index contributed by atoms with van der Waals surface area (Å²) in [6, 6.07) is 6.23. The van der Waals surface area contributed by atoms with E-state index in [1.165, 1.54) is 32.1 Å². The van der Waals surface area contributed by atoms with E-state index in [1.54, 1.807) is 0 Å². The zero-order chi connectivity index (χ0) is 14.6. The number of halogens is 1. The second-order valence-electron chi connectivity index (χ2n) is 6.21. The van der Waals surface area contributed by atoms with Crippen LogP contribution in [-0.4, -0.2) is 5.60 Å². The Bertz CT molecular complexity index is 449. The van der Waals surface area contributed by atoms with E-state index < -0.39 is 0 Å². The van der Waals surface area contributed by atoms with E-state index in [1.807, 2.05) is 12.1 Å². The summed E-state index contributed by atoms with van der Waals surface area (Å²) in [5.41, 5.74) is 7.36. The Morgan fingerprint density at radius 3 is 2.80 bits per heavy atom. The number of fused-ring (bicyclic) bond motifs is 1. The van der Waals surface area contributed by atoms with Gasteiger partial charge < -0.3 is 10.5 Å². The van der Waals surface area contributed by atoms with E-state index in [0.29, 0.717) is 0 Å². The minimum Gasteiger partial charge on any atom is -0.487 e. The molecule has 112 valence electrons. The first-order chi connectivity index (χ1) is 9.54. The van der Waals surface area contributed by atoms with E-state index in [-0.39, 0.29) is 11.6 Å². The van der Waals surface area contributed by atoms with Crippen LogP contribution in [-0.2, 0) is 0 Å². The lowest BCUT2D eigenvalue weighted by Crippen LogP contribution is -2.40. The molecule has 0 amide bonds. The maximum Gasteiger partial charge on any atom is 0.124 e. The Labute approximate surface area is 131 Å². The van der Waals surface area contributed by atoms with Crippen molar-refractivity contribution in [2.45, 2.75) is 70.4 Å². The first-order valence-electron chi connectivity index (χ1n) is 7.78. The smallest absolute Gasteiger partial charge is 0.124 e. The quantitative estimate of drug-likeness (QED) is 0.709. The molecule has 0 radical (unpaired) electrons. The highest BCUT2D eigenvalue weighted by molar-refractivity contribution is 9.10. The van der Waals surface area contributed by atoms with E-state index in [2.05, 4.69) is 35.8 Å². The number of hydrogen-bond donors (Lipinski definition) is 1. The molecule has 1 heterocycles. The summed E-state index contributed by atoms with van der Waals surface area (Å²) in [5, 5.41) is 0.